The standard InChI is InChI=1S/C10H10ClN3O/c11-9-3-1-8(2-4-9)5-10(15)14-7-12-6-13-14/h1-4,6-7,10,15H,5H2. The Bertz CT molecular complexity index is 413. The molecule has 0 amide bonds. The molecule has 0 saturated carbocycles. The molecule has 0 aliphatic rings. The van der Waals surface area contributed by atoms with E-state index in [-0.39, 0.29) is 0 Å². The molecule has 0 aliphatic carbocycles. The first-order chi connectivity index (χ1) is 7.25. The lowest BCUT2D eigenvalue weighted by atomic mass is 10.1. The minimum Gasteiger partial charge on any atom is -0.371 e. The van der Waals surface area contributed by atoms with Crippen LogP contribution in [-0.4, -0.2) is 19.9 Å². The third kappa shape index (κ3) is 2.55. The van der Waals surface area contributed by atoms with E-state index >= 15 is 0 Å². The van der Waals surface area contributed by atoms with Crippen molar-refractivity contribution in [2.24, 2.45) is 0 Å². The molecule has 0 saturated heterocycles. The van der Waals surface area contributed by atoms with Crippen LogP contribution in [0.2, 0.25) is 5.02 Å². The number of hydrogen-bond donors (Lipinski definition) is 1. The predicted molar refractivity (Wildman–Crippen MR) is 56.4 cm³/mol. The van der Waals surface area contributed by atoms with Crippen LogP contribution in [-0.2, 0) is 6.42 Å². The van der Waals surface area contributed by atoms with Crippen LogP contribution in [0.5, 0.6) is 0 Å². The van der Waals surface area contributed by atoms with Gasteiger partial charge in [0, 0.05) is 11.4 Å². The zero-order chi connectivity index (χ0) is 10.7. The van der Waals surface area contributed by atoms with Crippen molar-refractivity contribution < 1.29 is 5.11 Å². The predicted octanol–water partition coefficient (Wildman–Crippen LogP) is 1.67. The highest BCUT2D eigenvalue weighted by Crippen LogP contribution is 2.13. The van der Waals surface area contributed by atoms with Gasteiger partial charge >= 0.3 is 0 Å². The average Bonchev–Trinajstić information content (AvgIpc) is 2.74. The number of aliphatic hydroxyl groups excluding tert-OH is 1. The van der Waals surface area contributed by atoms with Crippen LogP contribution in [0.3, 0.4) is 0 Å². The van der Waals surface area contributed by atoms with Crippen molar-refractivity contribution >= 4 is 11.6 Å². The van der Waals surface area contributed by atoms with Crippen LogP contribution in [0.4, 0.5) is 0 Å². The fourth-order valence-corrected chi connectivity index (χ4v) is 1.42. The first-order valence-electron chi connectivity index (χ1n) is 4.52. The Labute approximate surface area is 92.1 Å². The van der Waals surface area contributed by atoms with Gasteiger partial charge in [0.15, 0.2) is 6.23 Å². The first-order valence-corrected chi connectivity index (χ1v) is 4.90. The summed E-state index contributed by atoms with van der Waals surface area (Å²) in [5, 5.41) is 14.3. The number of halogens is 1. The first kappa shape index (κ1) is 10.1. The fourth-order valence-electron chi connectivity index (χ4n) is 1.30. The molecule has 5 heteroatoms. The highest BCUT2D eigenvalue weighted by Gasteiger charge is 2.07. The largest absolute Gasteiger partial charge is 0.371 e. The van der Waals surface area contributed by atoms with Gasteiger partial charge in [-0.05, 0) is 17.7 Å². The summed E-state index contributed by atoms with van der Waals surface area (Å²) < 4.78 is 1.41. The quantitative estimate of drug-likeness (QED) is 0.861. The maximum Gasteiger partial charge on any atom is 0.152 e. The van der Waals surface area contributed by atoms with E-state index in [2.05, 4.69) is 10.1 Å². The molecule has 1 atom stereocenters. The topological polar surface area (TPSA) is 50.9 Å². The number of aliphatic hydroxyl groups is 1. The van der Waals surface area contributed by atoms with Crippen molar-refractivity contribution in [1.82, 2.24) is 14.8 Å². The van der Waals surface area contributed by atoms with E-state index in [1.807, 2.05) is 12.1 Å². The Balaban J connectivity index is 2.06. The van der Waals surface area contributed by atoms with Crippen molar-refractivity contribution in [2.75, 3.05) is 0 Å². The molecule has 2 aromatic rings. The minimum absolute atomic E-state index is 0.487. The minimum atomic E-state index is -0.686. The van der Waals surface area contributed by atoms with Gasteiger partial charge < -0.3 is 5.11 Å². The molecular formula is C10H10ClN3O. The normalized spacial score (nSPS) is 12.7. The van der Waals surface area contributed by atoms with Gasteiger partial charge in [0.25, 0.3) is 0 Å². The van der Waals surface area contributed by atoms with Crippen LogP contribution in [0, 0.1) is 0 Å². The summed E-state index contributed by atoms with van der Waals surface area (Å²) in [5.41, 5.74) is 1.00. The van der Waals surface area contributed by atoms with Gasteiger partial charge in [0.1, 0.15) is 12.7 Å². The summed E-state index contributed by atoms with van der Waals surface area (Å²) in [6.45, 7) is 0. The highest BCUT2D eigenvalue weighted by molar-refractivity contribution is 6.30. The lowest BCUT2D eigenvalue weighted by Crippen LogP contribution is -2.11. The third-order valence-electron chi connectivity index (χ3n) is 2.07. The number of aromatic nitrogens is 3. The lowest BCUT2D eigenvalue weighted by molar-refractivity contribution is 0.0906. The summed E-state index contributed by atoms with van der Waals surface area (Å²) in [6.07, 6.45) is 2.68. The number of hydrogen-bond acceptors (Lipinski definition) is 3. The van der Waals surface area contributed by atoms with Crippen LogP contribution in [0.1, 0.15) is 11.8 Å². The summed E-state index contributed by atoms with van der Waals surface area (Å²) in [7, 11) is 0. The van der Waals surface area contributed by atoms with Gasteiger partial charge in [-0.2, -0.15) is 5.10 Å². The van der Waals surface area contributed by atoms with Crippen LogP contribution >= 0.6 is 11.6 Å². The Hall–Kier alpha value is -1.39. The second-order valence-electron chi connectivity index (χ2n) is 3.19. The zero-order valence-corrected chi connectivity index (χ0v) is 8.67. The molecule has 0 aliphatic heterocycles. The molecular weight excluding hydrogens is 214 g/mol. The summed E-state index contributed by atoms with van der Waals surface area (Å²) in [6, 6.07) is 7.35. The molecule has 0 bridgehead atoms. The highest BCUT2D eigenvalue weighted by atomic mass is 35.5. The SMILES string of the molecule is OC(Cc1ccc(Cl)cc1)n1cncn1. The van der Waals surface area contributed by atoms with Crippen molar-refractivity contribution in [3.05, 3.63) is 47.5 Å². The van der Waals surface area contributed by atoms with E-state index in [4.69, 9.17) is 11.6 Å². The van der Waals surface area contributed by atoms with E-state index in [0.29, 0.717) is 11.4 Å². The second-order valence-corrected chi connectivity index (χ2v) is 3.62. The molecule has 2 rings (SSSR count). The average molecular weight is 224 g/mol. The number of benzene rings is 1. The molecule has 0 spiro atoms. The maximum atomic E-state index is 9.76. The maximum absolute atomic E-state index is 9.76. The molecule has 15 heavy (non-hydrogen) atoms. The summed E-state index contributed by atoms with van der Waals surface area (Å²) in [4.78, 5) is 3.77. The van der Waals surface area contributed by atoms with Crippen molar-refractivity contribution in [1.29, 1.82) is 0 Å². The molecule has 4 nitrogen and oxygen atoms in total. The van der Waals surface area contributed by atoms with Gasteiger partial charge in [-0.15, -0.1) is 0 Å². The van der Waals surface area contributed by atoms with Crippen molar-refractivity contribution in [3.63, 3.8) is 0 Å². The molecule has 1 unspecified atom stereocenters. The summed E-state index contributed by atoms with van der Waals surface area (Å²) >= 11 is 5.76. The molecule has 1 aromatic heterocycles. The Morgan fingerprint density at radius 2 is 2.07 bits per heavy atom. The second kappa shape index (κ2) is 4.42. The van der Waals surface area contributed by atoms with Crippen LogP contribution in [0.25, 0.3) is 0 Å². The molecule has 1 heterocycles. The van der Waals surface area contributed by atoms with Gasteiger partial charge in [0.2, 0.25) is 0 Å². The molecule has 0 radical (unpaired) electrons. The Kier molecular flexibility index (Phi) is 2.99. The Morgan fingerprint density at radius 1 is 1.33 bits per heavy atom. The third-order valence-corrected chi connectivity index (χ3v) is 2.33. The summed E-state index contributed by atoms with van der Waals surface area (Å²) in [5.74, 6) is 0. The van der Waals surface area contributed by atoms with Crippen molar-refractivity contribution in [2.45, 2.75) is 12.6 Å². The van der Waals surface area contributed by atoms with Gasteiger partial charge in [0.05, 0.1) is 0 Å². The monoisotopic (exact) mass is 223 g/mol. The van der Waals surface area contributed by atoms with E-state index in [1.54, 1.807) is 12.1 Å². The van der Waals surface area contributed by atoms with Crippen LogP contribution < -0.4 is 0 Å². The van der Waals surface area contributed by atoms with Gasteiger partial charge in [-0.3, -0.25) is 0 Å². The van der Waals surface area contributed by atoms with E-state index in [9.17, 15) is 5.11 Å². The molecule has 78 valence electrons. The van der Waals surface area contributed by atoms with E-state index < -0.39 is 6.23 Å². The molecule has 1 aromatic carbocycles. The van der Waals surface area contributed by atoms with Gasteiger partial charge in [-0.1, -0.05) is 23.7 Å². The molecule has 0 fully saturated rings. The lowest BCUT2D eigenvalue weighted by Gasteiger charge is -2.10. The van der Waals surface area contributed by atoms with Crippen LogP contribution in [0.15, 0.2) is 36.9 Å². The Morgan fingerprint density at radius 3 is 2.67 bits per heavy atom. The number of nitrogens with zero attached hydrogens (tertiary/aromatic N) is 3. The molecule has 1 N–H and O–H groups in total. The fraction of sp³-hybridized carbons (Fsp3) is 0.200. The van der Waals surface area contributed by atoms with Crippen molar-refractivity contribution in [3.8, 4) is 0 Å². The van der Waals surface area contributed by atoms with E-state index in [1.165, 1.54) is 17.3 Å². The van der Waals surface area contributed by atoms with Gasteiger partial charge in [-0.25, -0.2) is 9.67 Å². The van der Waals surface area contributed by atoms with E-state index in [0.717, 1.165) is 5.56 Å². The zero-order valence-electron chi connectivity index (χ0n) is 7.92. The smallest absolute Gasteiger partial charge is 0.152 e. The number of rotatable bonds is 3.